The number of halogens is 1. The third-order valence-corrected chi connectivity index (χ3v) is 8.75. The Morgan fingerprint density at radius 3 is 2.36 bits per heavy atom. The molecule has 3 aromatic carbocycles. The number of carbonyl (C=O) groups excluding carboxylic acids is 3. The van der Waals surface area contributed by atoms with E-state index in [2.05, 4.69) is 15.0 Å². The molecule has 0 radical (unpaired) electrons. The van der Waals surface area contributed by atoms with Crippen molar-refractivity contribution in [1.29, 1.82) is 0 Å². The fourth-order valence-electron chi connectivity index (χ4n) is 5.49. The minimum atomic E-state index is -1.21. The number of rotatable bonds is 11. The van der Waals surface area contributed by atoms with Crippen LogP contribution in [0.4, 0.5) is 15.8 Å². The Hall–Kier alpha value is -4.77. The number of aromatic nitrogens is 1. The van der Waals surface area contributed by atoms with E-state index >= 15 is 0 Å². The molecular formula is C34H36FN5O4S. The topological polar surface area (TPSA) is 127 Å². The molecule has 1 fully saturated rings. The molecule has 234 valence electrons. The van der Waals surface area contributed by atoms with Crippen LogP contribution in [0.3, 0.4) is 0 Å². The van der Waals surface area contributed by atoms with Gasteiger partial charge in [0.25, 0.3) is 11.8 Å². The lowest BCUT2D eigenvalue weighted by atomic mass is 9.95. The maximum atomic E-state index is 14.4. The highest BCUT2D eigenvalue weighted by atomic mass is 32.1. The summed E-state index contributed by atoms with van der Waals surface area (Å²) >= 11 is 0.804. The van der Waals surface area contributed by atoms with E-state index in [9.17, 15) is 18.8 Å². The van der Waals surface area contributed by atoms with Crippen molar-refractivity contribution in [3.05, 3.63) is 106 Å². The summed E-state index contributed by atoms with van der Waals surface area (Å²) in [6.45, 7) is 0.305. The number of carbonyl (C=O) groups is 3. The fourth-order valence-corrected chi connectivity index (χ4v) is 6.22. The van der Waals surface area contributed by atoms with Crippen LogP contribution >= 0.6 is 11.5 Å². The molecule has 0 bridgehead atoms. The second kappa shape index (κ2) is 14.8. The molecule has 5 rings (SSSR count). The van der Waals surface area contributed by atoms with Gasteiger partial charge in [-0.25, -0.2) is 4.39 Å². The first-order valence-electron chi connectivity index (χ1n) is 15.0. The molecule has 45 heavy (non-hydrogen) atoms. The summed E-state index contributed by atoms with van der Waals surface area (Å²) in [6.07, 6.45) is 5.55. The molecule has 0 saturated heterocycles. The van der Waals surface area contributed by atoms with Gasteiger partial charge in [0.15, 0.2) is 5.69 Å². The van der Waals surface area contributed by atoms with Crippen LogP contribution in [0.25, 0.3) is 0 Å². The Bertz CT molecular complexity index is 1610. The second-order valence-corrected chi connectivity index (χ2v) is 11.7. The van der Waals surface area contributed by atoms with Gasteiger partial charge in [-0.15, -0.1) is 0 Å². The summed E-state index contributed by atoms with van der Waals surface area (Å²) in [5, 5.41) is 5.95. The monoisotopic (exact) mass is 629 g/mol. The number of anilines is 2. The predicted molar refractivity (Wildman–Crippen MR) is 173 cm³/mol. The molecule has 1 heterocycles. The number of nitrogens with one attached hydrogen (secondary N) is 2. The van der Waals surface area contributed by atoms with Gasteiger partial charge in [-0.05, 0) is 78.3 Å². The third-order valence-electron chi connectivity index (χ3n) is 7.90. The van der Waals surface area contributed by atoms with Gasteiger partial charge in [0, 0.05) is 18.3 Å². The number of methoxy groups -OCH3 is 1. The van der Waals surface area contributed by atoms with Crippen LogP contribution in [0.1, 0.15) is 69.4 Å². The van der Waals surface area contributed by atoms with E-state index in [-0.39, 0.29) is 22.3 Å². The summed E-state index contributed by atoms with van der Waals surface area (Å²) in [5.41, 5.74) is 8.14. The lowest BCUT2D eigenvalue weighted by molar-refractivity contribution is -0.122. The summed E-state index contributed by atoms with van der Waals surface area (Å²) in [5.74, 6) is -1.46. The van der Waals surface area contributed by atoms with Gasteiger partial charge in [-0.2, -0.15) is 4.37 Å². The Morgan fingerprint density at radius 2 is 1.69 bits per heavy atom. The van der Waals surface area contributed by atoms with Crippen molar-refractivity contribution in [3.63, 3.8) is 0 Å². The van der Waals surface area contributed by atoms with Crippen LogP contribution in [-0.4, -0.2) is 41.8 Å². The number of hydrogen-bond acceptors (Lipinski definition) is 7. The Kier molecular flexibility index (Phi) is 10.4. The first kappa shape index (κ1) is 31.6. The molecule has 0 unspecified atom stereocenters. The van der Waals surface area contributed by atoms with Gasteiger partial charge in [0.2, 0.25) is 5.91 Å². The first-order chi connectivity index (χ1) is 21.9. The van der Waals surface area contributed by atoms with E-state index < -0.39 is 29.6 Å². The molecular weight excluding hydrogens is 593 g/mol. The fraction of sp³-hybridized carbons (Fsp3) is 0.294. The Balaban J connectivity index is 1.49. The number of hydrogen-bond donors (Lipinski definition) is 3. The van der Waals surface area contributed by atoms with Crippen molar-refractivity contribution >= 4 is 40.6 Å². The van der Waals surface area contributed by atoms with Crippen molar-refractivity contribution < 1.29 is 23.5 Å². The lowest BCUT2D eigenvalue weighted by Gasteiger charge is -2.31. The maximum absolute atomic E-state index is 14.4. The molecule has 0 aliphatic heterocycles. The zero-order valence-corrected chi connectivity index (χ0v) is 25.8. The summed E-state index contributed by atoms with van der Waals surface area (Å²) in [7, 11) is 1.53. The van der Waals surface area contributed by atoms with Gasteiger partial charge in [-0.1, -0.05) is 61.7 Å². The number of nitrogens with two attached hydrogens (primary N) is 1. The van der Waals surface area contributed by atoms with Gasteiger partial charge in [0.05, 0.1) is 12.8 Å². The van der Waals surface area contributed by atoms with Crippen LogP contribution in [0, 0.1) is 5.82 Å². The maximum Gasteiger partial charge on any atom is 0.273 e. The van der Waals surface area contributed by atoms with Crippen molar-refractivity contribution in [2.45, 2.75) is 50.6 Å². The predicted octanol–water partition coefficient (Wildman–Crippen LogP) is 5.68. The summed E-state index contributed by atoms with van der Waals surface area (Å²) in [4.78, 5) is 42.9. The largest absolute Gasteiger partial charge is 0.497 e. The van der Waals surface area contributed by atoms with E-state index in [4.69, 9.17) is 10.5 Å². The zero-order chi connectivity index (χ0) is 31.8. The van der Waals surface area contributed by atoms with Crippen LogP contribution in [0.5, 0.6) is 5.75 Å². The second-order valence-electron chi connectivity index (χ2n) is 10.9. The van der Waals surface area contributed by atoms with E-state index in [0.29, 0.717) is 30.0 Å². The third kappa shape index (κ3) is 7.66. The van der Waals surface area contributed by atoms with E-state index in [1.807, 2.05) is 30.3 Å². The van der Waals surface area contributed by atoms with Crippen molar-refractivity contribution in [2.75, 3.05) is 24.3 Å². The highest BCUT2D eigenvalue weighted by Gasteiger charge is 2.36. The molecule has 1 saturated carbocycles. The van der Waals surface area contributed by atoms with Gasteiger partial charge in [-0.3, -0.25) is 19.3 Å². The van der Waals surface area contributed by atoms with Gasteiger partial charge < -0.3 is 21.1 Å². The van der Waals surface area contributed by atoms with Crippen molar-refractivity contribution in [2.24, 2.45) is 0 Å². The van der Waals surface area contributed by atoms with Crippen LogP contribution in [0.15, 0.2) is 78.9 Å². The first-order valence-corrected chi connectivity index (χ1v) is 15.7. The highest BCUT2D eigenvalue weighted by Crippen LogP contribution is 2.34. The minimum Gasteiger partial charge on any atom is -0.497 e. The van der Waals surface area contributed by atoms with Crippen LogP contribution < -0.4 is 26.0 Å². The molecule has 1 aromatic heterocycles. The number of nitrogens with zero attached hydrogens (tertiary/aromatic N) is 2. The number of amides is 3. The molecule has 4 aromatic rings. The van der Waals surface area contributed by atoms with Gasteiger partial charge in [0.1, 0.15) is 22.5 Å². The standard InChI is InChI=1S/C34H36FN5O4S/c1-44-27-18-16-26(17-19-27)40(34(43)31-28(36)29(39-45-31)32(41)38-25-10-6-3-7-11-25)30(23-12-14-24(35)15-13-23)33(42)37-21-20-22-8-4-2-5-9-22/h2,4-5,8-9,12-19,25,30H,3,6-7,10-11,20-21,36H2,1H3,(H,37,42)(H,38,41)/t30-/m0/s1. The molecule has 3 amide bonds. The van der Waals surface area contributed by atoms with E-state index in [0.717, 1.165) is 49.2 Å². The highest BCUT2D eigenvalue weighted by molar-refractivity contribution is 7.09. The van der Waals surface area contributed by atoms with E-state index in [1.165, 1.54) is 36.3 Å². The van der Waals surface area contributed by atoms with Gasteiger partial charge >= 0.3 is 0 Å². The summed E-state index contributed by atoms with van der Waals surface area (Å²) < 4.78 is 23.6. The average Bonchev–Trinajstić information content (AvgIpc) is 3.46. The molecule has 1 aliphatic rings. The number of benzene rings is 3. The Labute approximate surface area is 265 Å². The van der Waals surface area contributed by atoms with Crippen LogP contribution in [0.2, 0.25) is 0 Å². The minimum absolute atomic E-state index is 0.0174. The number of nitrogen functional groups attached to an aromatic ring is 1. The summed E-state index contributed by atoms with van der Waals surface area (Å²) in [6, 6.07) is 20.6. The lowest BCUT2D eigenvalue weighted by Crippen LogP contribution is -2.44. The zero-order valence-electron chi connectivity index (χ0n) is 25.0. The Morgan fingerprint density at radius 1 is 1.00 bits per heavy atom. The molecule has 9 nitrogen and oxygen atoms in total. The van der Waals surface area contributed by atoms with Crippen molar-refractivity contribution in [1.82, 2.24) is 15.0 Å². The smallest absolute Gasteiger partial charge is 0.273 e. The number of ether oxygens (including phenoxy) is 1. The van der Waals surface area contributed by atoms with Crippen molar-refractivity contribution in [3.8, 4) is 5.75 Å². The van der Waals surface area contributed by atoms with E-state index in [1.54, 1.807) is 24.3 Å². The average molecular weight is 630 g/mol. The normalized spacial score (nSPS) is 13.9. The molecule has 0 spiro atoms. The SMILES string of the molecule is COc1ccc(N(C(=O)c2snc(C(=O)NC3CCCCC3)c2N)[C@H](C(=O)NCCc2ccccc2)c2ccc(F)cc2)cc1. The molecule has 1 atom stereocenters. The molecule has 4 N–H and O–H groups in total. The molecule has 11 heteroatoms. The van der Waals surface area contributed by atoms with Crippen LogP contribution in [-0.2, 0) is 11.2 Å². The molecule has 1 aliphatic carbocycles. The quantitative estimate of drug-likeness (QED) is 0.196.